The van der Waals surface area contributed by atoms with Gasteiger partial charge in [-0.15, -0.1) is 0 Å². The van der Waals surface area contributed by atoms with Crippen molar-refractivity contribution >= 4 is 16.8 Å². The number of nitrogens with one attached hydrogen (secondary N) is 1. The molecule has 186 valence electrons. The normalized spacial score (nSPS) is 19.1. The average molecular weight is 487 g/mol. The molecule has 5 rings (SSSR count). The van der Waals surface area contributed by atoms with Crippen molar-refractivity contribution in [1.82, 2.24) is 14.9 Å². The lowest BCUT2D eigenvalue weighted by Crippen LogP contribution is -2.28. The first kappa shape index (κ1) is 23.8. The second kappa shape index (κ2) is 9.64. The zero-order valence-electron chi connectivity index (χ0n) is 20.3. The van der Waals surface area contributed by atoms with Gasteiger partial charge in [-0.2, -0.15) is 0 Å². The Labute approximate surface area is 209 Å². The van der Waals surface area contributed by atoms with Crippen LogP contribution < -0.4 is 15.2 Å². The number of carbonyl (C=O) groups is 1. The maximum Gasteiger partial charge on any atom is 0.250 e. The highest BCUT2D eigenvalue weighted by atomic mass is 16.5. The number of pyridine rings is 1. The van der Waals surface area contributed by atoms with E-state index in [1.807, 2.05) is 54.7 Å². The summed E-state index contributed by atoms with van der Waals surface area (Å²) >= 11 is 0. The van der Waals surface area contributed by atoms with Gasteiger partial charge < -0.3 is 25.3 Å². The second-order valence-corrected chi connectivity index (χ2v) is 9.68. The number of hydrogen-bond donors (Lipinski definition) is 3. The van der Waals surface area contributed by atoms with Gasteiger partial charge in [-0.3, -0.25) is 9.69 Å². The minimum Gasteiger partial charge on any atom is -0.490 e. The maximum atomic E-state index is 11.2. The summed E-state index contributed by atoms with van der Waals surface area (Å²) in [6.07, 6.45) is 3.56. The molecule has 8 heteroatoms. The van der Waals surface area contributed by atoms with Crippen molar-refractivity contribution in [3.63, 3.8) is 0 Å². The number of aliphatic hydroxyl groups is 1. The molecule has 1 aliphatic rings. The third kappa shape index (κ3) is 5.05. The van der Waals surface area contributed by atoms with Gasteiger partial charge >= 0.3 is 0 Å². The zero-order chi connectivity index (χ0) is 25.3. The summed E-state index contributed by atoms with van der Waals surface area (Å²) in [6, 6.07) is 19.3. The van der Waals surface area contributed by atoms with Crippen LogP contribution >= 0.6 is 0 Å². The molecular weight excluding hydrogens is 456 g/mol. The lowest BCUT2D eigenvalue weighted by atomic mass is 10.0. The predicted octanol–water partition coefficient (Wildman–Crippen LogP) is 3.90. The number of fused-ring (bicyclic) bond motifs is 1. The van der Waals surface area contributed by atoms with Gasteiger partial charge in [0.25, 0.3) is 0 Å². The summed E-state index contributed by atoms with van der Waals surface area (Å²) in [5.74, 6) is 1.31. The number of H-pyrrole nitrogens is 1. The predicted molar refractivity (Wildman–Crippen MR) is 137 cm³/mol. The molecule has 0 bridgehead atoms. The number of nitrogens with two attached hydrogens (primary N) is 1. The van der Waals surface area contributed by atoms with Crippen molar-refractivity contribution in [2.75, 3.05) is 13.2 Å². The van der Waals surface area contributed by atoms with Gasteiger partial charge in [0.05, 0.1) is 5.56 Å². The van der Waals surface area contributed by atoms with E-state index in [-0.39, 0.29) is 12.1 Å². The lowest BCUT2D eigenvalue weighted by Gasteiger charge is -2.15. The second-order valence-electron chi connectivity index (χ2n) is 9.68. The molecule has 3 atom stereocenters. The third-order valence-electron chi connectivity index (χ3n) is 6.85. The van der Waals surface area contributed by atoms with Crippen molar-refractivity contribution in [3.8, 4) is 17.4 Å². The third-order valence-corrected chi connectivity index (χ3v) is 6.85. The molecule has 0 saturated carbocycles. The van der Waals surface area contributed by atoms with Crippen LogP contribution in [0.15, 0.2) is 73.1 Å². The van der Waals surface area contributed by atoms with Gasteiger partial charge in [-0.05, 0) is 62.2 Å². The van der Waals surface area contributed by atoms with E-state index >= 15 is 0 Å². The number of nitrogens with zero attached hydrogens (tertiary/aromatic N) is 2. The molecule has 1 saturated heterocycles. The Morgan fingerprint density at radius 3 is 2.69 bits per heavy atom. The molecule has 1 fully saturated rings. The van der Waals surface area contributed by atoms with Crippen LogP contribution in [0.3, 0.4) is 0 Å². The fourth-order valence-corrected chi connectivity index (χ4v) is 4.65. The topological polar surface area (TPSA) is 113 Å². The monoisotopic (exact) mass is 486 g/mol. The van der Waals surface area contributed by atoms with Gasteiger partial charge in [0.1, 0.15) is 24.2 Å². The van der Waals surface area contributed by atoms with Crippen molar-refractivity contribution in [2.24, 2.45) is 5.73 Å². The SMILES string of the molecule is CC1(C)[C@H](Cc2ccc(Oc3ccc(C(N)=O)cn3)cc2)N1C[C@H](O)COc1cccc2[nH]ccc12. The standard InChI is InChI=1S/C28H30N4O4/c1-28(2)25(32(28)16-20(33)17-35-24-5-3-4-23-22(24)12-13-30-23)14-18-6-9-21(10-7-18)36-26-11-8-19(15-31-26)27(29)34/h3-13,15,20,25,30,33H,14,16-17H2,1-2H3,(H2,29,34)/t20-,25-,32?/m0/s1. The number of rotatable bonds is 10. The molecule has 4 N–H and O–H groups in total. The highest BCUT2D eigenvalue weighted by molar-refractivity contribution is 5.92. The Hall–Kier alpha value is -3.88. The molecule has 3 heterocycles. The number of β-amino-alcohol motifs (C(OH)–C–C–N with tert-alkyl or cyclic N) is 1. The molecule has 36 heavy (non-hydrogen) atoms. The Bertz CT molecular complexity index is 1350. The number of aromatic amines is 1. The van der Waals surface area contributed by atoms with Crippen LogP contribution in [0.4, 0.5) is 0 Å². The number of amides is 1. The number of hydrogen-bond acceptors (Lipinski definition) is 6. The molecule has 8 nitrogen and oxygen atoms in total. The van der Waals surface area contributed by atoms with Crippen LogP contribution in [-0.4, -0.2) is 56.7 Å². The van der Waals surface area contributed by atoms with E-state index in [0.717, 1.165) is 23.1 Å². The van der Waals surface area contributed by atoms with Crippen LogP contribution in [0.5, 0.6) is 17.4 Å². The Kier molecular flexibility index (Phi) is 6.38. The van der Waals surface area contributed by atoms with Crippen molar-refractivity contribution in [2.45, 2.75) is 38.0 Å². The van der Waals surface area contributed by atoms with E-state index in [0.29, 0.717) is 29.8 Å². The van der Waals surface area contributed by atoms with Crippen molar-refractivity contribution in [1.29, 1.82) is 0 Å². The molecule has 1 unspecified atom stereocenters. The van der Waals surface area contributed by atoms with Crippen LogP contribution in [0, 0.1) is 0 Å². The largest absolute Gasteiger partial charge is 0.490 e. The highest BCUT2D eigenvalue weighted by Crippen LogP contribution is 2.42. The maximum absolute atomic E-state index is 11.2. The zero-order valence-corrected chi connectivity index (χ0v) is 20.3. The first-order chi connectivity index (χ1) is 17.3. The van der Waals surface area contributed by atoms with Gasteiger partial charge in [0.15, 0.2) is 0 Å². The minimum atomic E-state index is -0.590. The van der Waals surface area contributed by atoms with E-state index in [9.17, 15) is 9.90 Å². The molecule has 0 aliphatic carbocycles. The first-order valence-corrected chi connectivity index (χ1v) is 12.0. The van der Waals surface area contributed by atoms with Crippen LogP contribution in [0.1, 0.15) is 29.8 Å². The summed E-state index contributed by atoms with van der Waals surface area (Å²) in [7, 11) is 0. The van der Waals surface area contributed by atoms with Crippen LogP contribution in [0.25, 0.3) is 10.9 Å². The van der Waals surface area contributed by atoms with E-state index in [2.05, 4.69) is 28.7 Å². The number of carbonyl (C=O) groups excluding carboxylic acids is 1. The molecule has 0 radical (unpaired) electrons. The van der Waals surface area contributed by atoms with Crippen molar-refractivity contribution in [3.05, 3.63) is 84.2 Å². The Morgan fingerprint density at radius 2 is 1.97 bits per heavy atom. The quantitative estimate of drug-likeness (QED) is 0.293. The summed E-state index contributed by atoms with van der Waals surface area (Å²) in [4.78, 5) is 20.8. The lowest BCUT2D eigenvalue weighted by molar-refractivity contribution is 0.0884. The molecule has 1 aliphatic heterocycles. The summed E-state index contributed by atoms with van der Waals surface area (Å²) in [6.45, 7) is 5.19. The Morgan fingerprint density at radius 1 is 1.17 bits per heavy atom. The molecular formula is C28H30N4O4. The van der Waals surface area contributed by atoms with E-state index in [4.69, 9.17) is 15.2 Å². The van der Waals surface area contributed by atoms with Crippen molar-refractivity contribution < 1.29 is 19.4 Å². The summed E-state index contributed by atoms with van der Waals surface area (Å²) in [5, 5.41) is 11.7. The van der Waals surface area contributed by atoms with Gasteiger partial charge in [-0.25, -0.2) is 4.98 Å². The molecule has 2 aromatic heterocycles. The van der Waals surface area contributed by atoms with E-state index in [1.54, 1.807) is 12.1 Å². The van der Waals surface area contributed by atoms with E-state index in [1.165, 1.54) is 11.8 Å². The molecule has 2 aromatic carbocycles. The van der Waals surface area contributed by atoms with Gasteiger partial charge in [0.2, 0.25) is 11.8 Å². The van der Waals surface area contributed by atoms with Gasteiger partial charge in [-0.1, -0.05) is 18.2 Å². The highest BCUT2D eigenvalue weighted by Gasteiger charge is 2.55. The Balaban J connectivity index is 1.13. The van der Waals surface area contributed by atoms with Crippen LogP contribution in [-0.2, 0) is 6.42 Å². The molecule has 0 spiro atoms. The number of benzene rings is 2. The minimum absolute atomic E-state index is 0.00287. The number of aromatic nitrogens is 2. The summed E-state index contributed by atoms with van der Waals surface area (Å²) in [5.41, 5.74) is 7.78. The number of primary amides is 1. The summed E-state index contributed by atoms with van der Waals surface area (Å²) < 4.78 is 11.7. The average Bonchev–Trinajstić information content (AvgIpc) is 3.18. The first-order valence-electron chi connectivity index (χ1n) is 12.0. The molecule has 4 aromatic rings. The number of aliphatic hydroxyl groups excluding tert-OH is 1. The van der Waals surface area contributed by atoms with E-state index < -0.39 is 12.0 Å². The smallest absolute Gasteiger partial charge is 0.250 e. The molecule has 1 amide bonds. The fourth-order valence-electron chi connectivity index (χ4n) is 4.65. The number of ether oxygens (including phenoxy) is 2. The van der Waals surface area contributed by atoms with Gasteiger partial charge in [0, 0.05) is 47.5 Å². The fraction of sp³-hybridized carbons (Fsp3) is 0.286. The van der Waals surface area contributed by atoms with Crippen LogP contribution in [0.2, 0.25) is 0 Å².